The van der Waals surface area contributed by atoms with Crippen LogP contribution >= 0.6 is 23.2 Å². The zero-order valence-electron chi connectivity index (χ0n) is 22.1. The van der Waals surface area contributed by atoms with Gasteiger partial charge >= 0.3 is 0 Å². The topological polar surface area (TPSA) is 120 Å². The number of β-amino-alcohol motifs (C(OH)–C–C–N with tert-alkyl or cyclic N) is 1. The van der Waals surface area contributed by atoms with Crippen molar-refractivity contribution in [2.75, 3.05) is 13.1 Å². The van der Waals surface area contributed by atoms with Crippen molar-refractivity contribution >= 4 is 34.8 Å². The molecule has 13 heteroatoms. The van der Waals surface area contributed by atoms with Crippen molar-refractivity contribution in [3.63, 3.8) is 0 Å². The fourth-order valence-electron chi connectivity index (χ4n) is 5.17. The number of carbonyl (C=O) groups excluding carboxylic acids is 1. The van der Waals surface area contributed by atoms with Crippen LogP contribution in [0.25, 0.3) is 22.8 Å². The van der Waals surface area contributed by atoms with Crippen LogP contribution < -0.4 is 0 Å². The van der Waals surface area contributed by atoms with Crippen LogP contribution in [0.1, 0.15) is 28.3 Å². The van der Waals surface area contributed by atoms with Crippen LogP contribution in [-0.2, 0) is 13.0 Å². The summed E-state index contributed by atoms with van der Waals surface area (Å²) in [6.45, 7) is 0.856. The molecule has 1 N–H and O–H groups in total. The molecule has 0 saturated carbocycles. The minimum Gasteiger partial charge on any atom is -0.463 e. The second kappa shape index (κ2) is 10.4. The van der Waals surface area contributed by atoms with E-state index in [0.29, 0.717) is 46.6 Å². The van der Waals surface area contributed by atoms with Crippen molar-refractivity contribution in [1.82, 2.24) is 39.1 Å². The highest BCUT2D eigenvalue weighted by atomic mass is 35.5. The van der Waals surface area contributed by atoms with E-state index in [4.69, 9.17) is 27.6 Å². The van der Waals surface area contributed by atoms with Crippen molar-refractivity contribution in [1.29, 1.82) is 0 Å². The number of hydrogen-bond acceptors (Lipinski definition) is 7. The van der Waals surface area contributed by atoms with Crippen LogP contribution in [0, 0.1) is 0 Å². The number of benzene rings is 1. The molecule has 0 spiro atoms. The fraction of sp³-hybridized carbons (Fsp3) is 0.207. The van der Waals surface area contributed by atoms with E-state index in [1.807, 2.05) is 35.0 Å². The van der Waals surface area contributed by atoms with Gasteiger partial charge in [-0.2, -0.15) is 5.10 Å². The van der Waals surface area contributed by atoms with Crippen molar-refractivity contribution in [3.8, 4) is 17.1 Å². The smallest absolute Gasteiger partial charge is 0.274 e. The Morgan fingerprint density at radius 2 is 1.88 bits per heavy atom. The number of aliphatic hydroxyl groups is 1. The van der Waals surface area contributed by atoms with Crippen molar-refractivity contribution < 1.29 is 14.3 Å². The van der Waals surface area contributed by atoms with E-state index < -0.39 is 5.60 Å². The van der Waals surface area contributed by atoms with Gasteiger partial charge < -0.3 is 18.8 Å². The van der Waals surface area contributed by atoms with E-state index >= 15 is 0 Å². The maximum Gasteiger partial charge on any atom is 0.274 e. The van der Waals surface area contributed by atoms with Crippen LogP contribution in [-0.4, -0.2) is 68.8 Å². The molecule has 1 fully saturated rings. The van der Waals surface area contributed by atoms with Crippen LogP contribution in [0.2, 0.25) is 10.0 Å². The first kappa shape index (κ1) is 26.4. The standard InChI is InChI=1S/C29H24Cl2N8O3/c30-19-3-1-4-23(11-19)39-25(26-5-2-10-42-26)12-24(34-39)28(40)37-17-29(41,18-37)9-8-21-15-38(35-33-21)16-22-14-36-13-20(31)6-7-27(36)32-22/h1-7,10-15,41H,8-9,16-18H2. The van der Waals surface area contributed by atoms with Crippen molar-refractivity contribution in [3.05, 3.63) is 107 Å². The third-order valence-electron chi connectivity index (χ3n) is 7.23. The van der Waals surface area contributed by atoms with Crippen LogP contribution in [0.4, 0.5) is 0 Å². The van der Waals surface area contributed by atoms with E-state index in [2.05, 4.69) is 20.4 Å². The Morgan fingerprint density at radius 3 is 2.69 bits per heavy atom. The normalized spacial score (nSPS) is 14.4. The Labute approximate surface area is 249 Å². The molecule has 1 saturated heterocycles. The summed E-state index contributed by atoms with van der Waals surface area (Å²) in [5.41, 5.74) is 2.94. The summed E-state index contributed by atoms with van der Waals surface area (Å²) in [6.07, 6.45) is 8.08. The zero-order valence-corrected chi connectivity index (χ0v) is 23.7. The second-order valence-corrected chi connectivity index (χ2v) is 11.3. The Bertz CT molecular complexity index is 1900. The third-order valence-corrected chi connectivity index (χ3v) is 7.69. The van der Waals surface area contributed by atoms with Gasteiger partial charge in [0.25, 0.3) is 5.91 Å². The average molecular weight is 603 g/mol. The first-order valence-electron chi connectivity index (χ1n) is 13.3. The molecular formula is C29H24Cl2N8O3. The van der Waals surface area contributed by atoms with Crippen molar-refractivity contribution in [2.45, 2.75) is 25.0 Å². The molecule has 42 heavy (non-hydrogen) atoms. The number of pyridine rings is 1. The summed E-state index contributed by atoms with van der Waals surface area (Å²) in [7, 11) is 0. The predicted molar refractivity (Wildman–Crippen MR) is 155 cm³/mol. The number of halogens is 2. The lowest BCUT2D eigenvalue weighted by Gasteiger charge is -2.46. The lowest BCUT2D eigenvalue weighted by atomic mass is 9.88. The van der Waals surface area contributed by atoms with E-state index in [1.165, 1.54) is 0 Å². The van der Waals surface area contributed by atoms with E-state index in [0.717, 1.165) is 17.0 Å². The predicted octanol–water partition coefficient (Wildman–Crippen LogP) is 4.55. The molecule has 6 aromatic rings. The second-order valence-electron chi connectivity index (χ2n) is 10.4. The van der Waals surface area contributed by atoms with Crippen LogP contribution in [0.5, 0.6) is 0 Å². The molecule has 11 nitrogen and oxygen atoms in total. The molecule has 0 bridgehead atoms. The number of furan rings is 1. The van der Waals surface area contributed by atoms with E-state index in [1.54, 1.807) is 63.1 Å². The highest BCUT2D eigenvalue weighted by Crippen LogP contribution is 2.30. The number of rotatable bonds is 8. The zero-order chi connectivity index (χ0) is 28.8. The third kappa shape index (κ3) is 5.18. The van der Waals surface area contributed by atoms with Crippen LogP contribution in [0.15, 0.2) is 83.9 Å². The summed E-state index contributed by atoms with van der Waals surface area (Å²) in [5.74, 6) is 0.299. The minimum absolute atomic E-state index is 0.198. The van der Waals surface area contributed by atoms with Gasteiger partial charge in [-0.05, 0) is 55.3 Å². The molecule has 0 unspecified atom stereocenters. The first-order chi connectivity index (χ1) is 20.3. The first-order valence-corrected chi connectivity index (χ1v) is 14.0. The molecule has 7 rings (SSSR count). The highest BCUT2D eigenvalue weighted by Gasteiger charge is 2.44. The molecule has 0 atom stereocenters. The maximum atomic E-state index is 13.3. The monoisotopic (exact) mass is 602 g/mol. The van der Waals surface area contributed by atoms with Crippen LogP contribution in [0.3, 0.4) is 0 Å². The number of aromatic nitrogens is 7. The Balaban J connectivity index is 0.989. The molecule has 212 valence electrons. The largest absolute Gasteiger partial charge is 0.463 e. The summed E-state index contributed by atoms with van der Waals surface area (Å²) < 4.78 is 10.8. The number of carbonyl (C=O) groups is 1. The summed E-state index contributed by atoms with van der Waals surface area (Å²) in [4.78, 5) is 19.5. The lowest BCUT2D eigenvalue weighted by molar-refractivity contribution is -0.0857. The van der Waals surface area contributed by atoms with Gasteiger partial charge in [0.1, 0.15) is 16.9 Å². The molecule has 6 heterocycles. The van der Waals surface area contributed by atoms with Gasteiger partial charge in [0.15, 0.2) is 11.5 Å². The van der Waals surface area contributed by atoms with Gasteiger partial charge in [0, 0.05) is 29.7 Å². The number of aryl methyl sites for hydroxylation is 1. The molecule has 0 aliphatic carbocycles. The maximum absolute atomic E-state index is 13.3. The van der Waals surface area contributed by atoms with Gasteiger partial charge in [-0.15, -0.1) is 5.10 Å². The number of likely N-dealkylation sites (tertiary alicyclic amines) is 1. The molecular weight excluding hydrogens is 579 g/mol. The number of nitrogens with zero attached hydrogens (tertiary/aromatic N) is 8. The van der Waals surface area contributed by atoms with E-state index in [-0.39, 0.29) is 24.7 Å². The number of hydrogen-bond donors (Lipinski definition) is 1. The quantitative estimate of drug-likeness (QED) is 0.271. The summed E-state index contributed by atoms with van der Waals surface area (Å²) in [6, 6.07) is 16.1. The molecule has 0 radical (unpaired) electrons. The lowest BCUT2D eigenvalue weighted by Crippen LogP contribution is -2.63. The molecule has 1 aliphatic rings. The number of amides is 1. The minimum atomic E-state index is -1.01. The highest BCUT2D eigenvalue weighted by molar-refractivity contribution is 6.30. The summed E-state index contributed by atoms with van der Waals surface area (Å²) in [5, 5.41) is 25.3. The average Bonchev–Trinajstić information content (AvgIpc) is 3.76. The Hall–Kier alpha value is -4.45. The number of fused-ring (bicyclic) bond motifs is 1. The SMILES string of the molecule is O=C(c1cc(-c2ccco2)n(-c2cccc(Cl)c2)n1)N1CC(O)(CCc2cn(Cc3cn4cc(Cl)ccc4n3)nn2)C1. The Kier molecular flexibility index (Phi) is 6.57. The summed E-state index contributed by atoms with van der Waals surface area (Å²) >= 11 is 12.3. The fourth-order valence-corrected chi connectivity index (χ4v) is 5.52. The molecule has 5 aromatic heterocycles. The number of imidazole rings is 1. The van der Waals surface area contributed by atoms with E-state index in [9.17, 15) is 9.90 Å². The van der Waals surface area contributed by atoms with Gasteiger partial charge in [0.05, 0.1) is 48.0 Å². The molecule has 1 amide bonds. The molecule has 1 aliphatic heterocycles. The van der Waals surface area contributed by atoms with Gasteiger partial charge in [0.2, 0.25) is 0 Å². The van der Waals surface area contributed by atoms with Gasteiger partial charge in [-0.1, -0.05) is 34.5 Å². The van der Waals surface area contributed by atoms with Crippen molar-refractivity contribution in [2.24, 2.45) is 0 Å². The van der Waals surface area contributed by atoms with Gasteiger partial charge in [-0.25, -0.2) is 14.3 Å². The Morgan fingerprint density at radius 1 is 1.00 bits per heavy atom. The molecule has 1 aromatic carbocycles. The van der Waals surface area contributed by atoms with Gasteiger partial charge in [-0.3, -0.25) is 4.79 Å².